The Bertz CT molecular complexity index is 507. The largest absolute Gasteiger partial charge is 0.365 e. The van der Waals surface area contributed by atoms with Gasteiger partial charge in [0.25, 0.3) is 0 Å². The van der Waals surface area contributed by atoms with E-state index in [-0.39, 0.29) is 5.54 Å². The van der Waals surface area contributed by atoms with Crippen molar-refractivity contribution in [3.8, 4) is 0 Å². The van der Waals surface area contributed by atoms with Gasteiger partial charge in [0.05, 0.1) is 0 Å². The first-order valence-electron chi connectivity index (χ1n) is 9.40. The van der Waals surface area contributed by atoms with Crippen LogP contribution in [0.4, 0.5) is 0 Å². The van der Waals surface area contributed by atoms with Crippen molar-refractivity contribution < 1.29 is 0 Å². The highest BCUT2D eigenvalue weighted by molar-refractivity contribution is 5.31. The molecule has 0 aliphatic rings. The van der Waals surface area contributed by atoms with Crippen LogP contribution in [0.25, 0.3) is 0 Å². The fraction of sp³-hybridized carbons (Fsp3) is 0.636. The normalized spacial score (nSPS) is 12.6. The van der Waals surface area contributed by atoms with E-state index in [2.05, 4.69) is 77.6 Å². The molecular formula is C22H37N. The molecule has 0 aromatic heterocycles. The van der Waals surface area contributed by atoms with E-state index in [1.54, 1.807) is 0 Å². The predicted molar refractivity (Wildman–Crippen MR) is 104 cm³/mol. The average Bonchev–Trinajstić information content (AvgIpc) is 2.51. The van der Waals surface area contributed by atoms with Crippen LogP contribution in [0.3, 0.4) is 0 Å². The van der Waals surface area contributed by atoms with Crippen LogP contribution in [0, 0.1) is 13.8 Å². The summed E-state index contributed by atoms with van der Waals surface area (Å²) in [5, 5.41) is 0. The van der Waals surface area contributed by atoms with Crippen molar-refractivity contribution in [2.75, 3.05) is 0 Å². The van der Waals surface area contributed by atoms with Gasteiger partial charge in [0, 0.05) is 17.8 Å². The van der Waals surface area contributed by atoms with Gasteiger partial charge in [0.1, 0.15) is 0 Å². The predicted octanol–water partition coefficient (Wildman–Crippen LogP) is 6.78. The van der Waals surface area contributed by atoms with E-state index in [1.807, 2.05) is 0 Å². The summed E-state index contributed by atoms with van der Waals surface area (Å²) < 4.78 is 0. The maximum atomic E-state index is 2.70. The molecule has 1 aromatic carbocycles. The van der Waals surface area contributed by atoms with Crippen molar-refractivity contribution in [2.24, 2.45) is 0 Å². The van der Waals surface area contributed by atoms with Gasteiger partial charge in [-0.25, -0.2) is 0 Å². The fourth-order valence-corrected chi connectivity index (χ4v) is 3.80. The molecule has 0 saturated carbocycles. The number of benzene rings is 1. The van der Waals surface area contributed by atoms with Crippen LogP contribution in [0.15, 0.2) is 30.0 Å². The zero-order valence-electron chi connectivity index (χ0n) is 16.5. The van der Waals surface area contributed by atoms with Crippen molar-refractivity contribution in [3.63, 3.8) is 0 Å². The molecule has 0 spiro atoms. The lowest BCUT2D eigenvalue weighted by molar-refractivity contribution is 0.110. The van der Waals surface area contributed by atoms with Crippen LogP contribution in [0.5, 0.6) is 0 Å². The van der Waals surface area contributed by atoms with Gasteiger partial charge in [0.2, 0.25) is 0 Å². The molecule has 1 rings (SSSR count). The zero-order valence-corrected chi connectivity index (χ0v) is 16.5. The van der Waals surface area contributed by atoms with E-state index in [4.69, 9.17) is 0 Å². The van der Waals surface area contributed by atoms with Crippen molar-refractivity contribution in [2.45, 2.75) is 92.7 Å². The molecular weight excluding hydrogens is 278 g/mol. The van der Waals surface area contributed by atoms with Gasteiger partial charge in [0.15, 0.2) is 0 Å². The Hall–Kier alpha value is -1.24. The molecule has 0 amide bonds. The van der Waals surface area contributed by atoms with Gasteiger partial charge in [-0.1, -0.05) is 63.5 Å². The van der Waals surface area contributed by atoms with E-state index >= 15 is 0 Å². The highest BCUT2D eigenvalue weighted by atomic mass is 15.2. The molecule has 1 nitrogen and oxygen atoms in total. The summed E-state index contributed by atoms with van der Waals surface area (Å²) in [5.41, 5.74) is 5.96. The molecule has 0 bridgehead atoms. The van der Waals surface area contributed by atoms with Crippen LogP contribution in [-0.4, -0.2) is 10.4 Å². The molecule has 130 valence electrons. The third-order valence-corrected chi connectivity index (χ3v) is 5.10. The first-order chi connectivity index (χ1) is 10.9. The van der Waals surface area contributed by atoms with Crippen molar-refractivity contribution in [3.05, 3.63) is 46.7 Å². The van der Waals surface area contributed by atoms with Crippen molar-refractivity contribution in [1.29, 1.82) is 0 Å². The Balaban J connectivity index is 3.26. The number of allylic oxidation sites excluding steroid dienone is 2. The van der Waals surface area contributed by atoms with Crippen LogP contribution < -0.4 is 0 Å². The third kappa shape index (κ3) is 5.12. The monoisotopic (exact) mass is 315 g/mol. The lowest BCUT2D eigenvalue weighted by atomic mass is 9.87. The highest BCUT2D eigenvalue weighted by Crippen LogP contribution is 2.33. The maximum absolute atomic E-state index is 2.70. The highest BCUT2D eigenvalue weighted by Gasteiger charge is 2.31. The molecule has 0 unspecified atom stereocenters. The summed E-state index contributed by atoms with van der Waals surface area (Å²) in [6.45, 7) is 17.0. The van der Waals surface area contributed by atoms with Crippen LogP contribution in [0.1, 0.15) is 83.4 Å². The Morgan fingerprint density at radius 2 is 1.70 bits per heavy atom. The smallest absolute Gasteiger partial charge is 0.0434 e. The zero-order chi connectivity index (χ0) is 17.5. The molecule has 0 aliphatic heterocycles. The summed E-state index contributed by atoms with van der Waals surface area (Å²) in [5.74, 6) is 0. The second-order valence-electron chi connectivity index (χ2n) is 7.15. The van der Waals surface area contributed by atoms with E-state index in [1.165, 1.54) is 48.1 Å². The number of hydrogen-bond donors (Lipinski definition) is 0. The second-order valence-corrected chi connectivity index (χ2v) is 7.15. The summed E-state index contributed by atoms with van der Waals surface area (Å²) in [6, 6.07) is 6.85. The number of aryl methyl sites for hydroxylation is 2. The Kier molecular flexibility index (Phi) is 7.88. The first-order valence-corrected chi connectivity index (χ1v) is 9.40. The lowest BCUT2D eigenvalue weighted by Gasteiger charge is -2.45. The standard InChI is InChI=1S/C22H37N/c1-8-14-22(7,15-9-2)23(21(10-3)11-4)17-20-16-18(5)12-13-19(20)6/h10,12-13,16H,8-9,11,14-15,17H2,1-7H3/b21-10+. The van der Waals surface area contributed by atoms with Gasteiger partial charge >= 0.3 is 0 Å². The van der Waals surface area contributed by atoms with E-state index in [0.717, 1.165) is 13.0 Å². The van der Waals surface area contributed by atoms with Gasteiger partial charge in [-0.05, 0) is 58.1 Å². The molecule has 1 aromatic rings. The Labute approximate surface area is 144 Å². The summed E-state index contributed by atoms with van der Waals surface area (Å²) >= 11 is 0. The minimum atomic E-state index is 0.248. The van der Waals surface area contributed by atoms with E-state index in [0.29, 0.717) is 0 Å². The lowest BCUT2D eigenvalue weighted by Crippen LogP contribution is -2.45. The van der Waals surface area contributed by atoms with Gasteiger partial charge in [-0.2, -0.15) is 0 Å². The molecule has 0 N–H and O–H groups in total. The molecule has 0 radical (unpaired) electrons. The van der Waals surface area contributed by atoms with Crippen molar-refractivity contribution in [1.82, 2.24) is 4.90 Å². The van der Waals surface area contributed by atoms with E-state index in [9.17, 15) is 0 Å². The molecule has 0 fully saturated rings. The minimum Gasteiger partial charge on any atom is -0.365 e. The van der Waals surface area contributed by atoms with Gasteiger partial charge in [-0.3, -0.25) is 0 Å². The summed E-state index contributed by atoms with van der Waals surface area (Å²) in [4.78, 5) is 2.70. The van der Waals surface area contributed by atoms with E-state index < -0.39 is 0 Å². The fourth-order valence-electron chi connectivity index (χ4n) is 3.80. The first kappa shape index (κ1) is 19.8. The molecule has 0 aliphatic carbocycles. The minimum absolute atomic E-state index is 0.248. The summed E-state index contributed by atoms with van der Waals surface area (Å²) in [7, 11) is 0. The number of hydrogen-bond acceptors (Lipinski definition) is 1. The number of nitrogens with zero attached hydrogens (tertiary/aromatic N) is 1. The van der Waals surface area contributed by atoms with Crippen molar-refractivity contribution >= 4 is 0 Å². The van der Waals surface area contributed by atoms with Crippen LogP contribution >= 0.6 is 0 Å². The topological polar surface area (TPSA) is 3.24 Å². The molecule has 0 atom stereocenters. The molecule has 0 heterocycles. The SMILES string of the molecule is C/C=C(\CC)N(Cc1cc(C)ccc1C)C(C)(CCC)CCC. The van der Waals surface area contributed by atoms with Crippen LogP contribution in [-0.2, 0) is 6.54 Å². The second kappa shape index (κ2) is 9.15. The maximum Gasteiger partial charge on any atom is 0.0434 e. The average molecular weight is 316 g/mol. The Morgan fingerprint density at radius 1 is 1.09 bits per heavy atom. The molecule has 23 heavy (non-hydrogen) atoms. The van der Waals surface area contributed by atoms with Crippen LogP contribution in [0.2, 0.25) is 0 Å². The Morgan fingerprint density at radius 3 is 2.17 bits per heavy atom. The van der Waals surface area contributed by atoms with Gasteiger partial charge in [-0.15, -0.1) is 0 Å². The molecule has 0 saturated heterocycles. The van der Waals surface area contributed by atoms with Gasteiger partial charge < -0.3 is 4.90 Å². The number of rotatable bonds is 9. The summed E-state index contributed by atoms with van der Waals surface area (Å²) in [6.07, 6.45) is 8.40. The molecule has 1 heteroatoms. The third-order valence-electron chi connectivity index (χ3n) is 5.10. The quantitative estimate of drug-likeness (QED) is 0.485.